The minimum Gasteiger partial charge on any atom is -0.550 e. The van der Waals surface area contributed by atoms with Gasteiger partial charge in [-0.2, -0.15) is 0 Å². The molecule has 6 nitrogen and oxygen atoms in total. The molecule has 0 aromatic rings. The summed E-state index contributed by atoms with van der Waals surface area (Å²) in [5, 5.41) is 24.2. The first-order valence-electron chi connectivity index (χ1n) is 2.52. The van der Waals surface area contributed by atoms with Gasteiger partial charge in [-0.15, -0.1) is 0 Å². The van der Waals surface area contributed by atoms with Crippen LogP contribution in [0.5, 0.6) is 0 Å². The normalized spacial score (nSPS) is 7.30. The van der Waals surface area contributed by atoms with E-state index in [0.717, 1.165) is 0 Å². The number of aliphatic carboxylic acids is 1. The van der Waals surface area contributed by atoms with Crippen LogP contribution in [-0.4, -0.2) is 11.1 Å². The molecule has 0 radical (unpaired) electrons. The van der Waals surface area contributed by atoms with E-state index in [0.29, 0.717) is 6.42 Å². The summed E-state index contributed by atoms with van der Waals surface area (Å²) in [4.78, 5) is 17.7. The molecule has 6 heteroatoms. The van der Waals surface area contributed by atoms with Crippen LogP contribution in [0.2, 0.25) is 0 Å². The lowest BCUT2D eigenvalue weighted by Crippen LogP contribution is -2.20. The predicted octanol–water partition coefficient (Wildman–Crippen LogP) is -0.703. The van der Waals surface area contributed by atoms with Crippen molar-refractivity contribution in [3.05, 3.63) is 15.3 Å². The van der Waals surface area contributed by atoms with Gasteiger partial charge in [0, 0.05) is 5.97 Å². The molecule has 0 atom stereocenters. The zero-order valence-electron chi connectivity index (χ0n) is 5.40. The van der Waals surface area contributed by atoms with Gasteiger partial charge in [-0.3, -0.25) is 0 Å². The first kappa shape index (κ1) is 11.5. The van der Waals surface area contributed by atoms with Crippen LogP contribution in [0, 0.1) is 15.3 Å². The molecule has 0 aromatic heterocycles. The Morgan fingerprint density at radius 1 is 1.50 bits per heavy atom. The Labute approximate surface area is 57.2 Å². The number of hydrogen-bond acceptors (Lipinski definition) is 5. The van der Waals surface area contributed by atoms with Crippen molar-refractivity contribution in [1.82, 2.24) is 0 Å². The van der Waals surface area contributed by atoms with Crippen LogP contribution in [0.3, 0.4) is 0 Å². The van der Waals surface area contributed by atoms with Crippen LogP contribution in [-0.2, 0) is 4.79 Å². The Kier molecular flexibility index (Phi) is 8.79. The summed E-state index contributed by atoms with van der Waals surface area (Å²) in [6.45, 7) is 1.80. The van der Waals surface area contributed by atoms with Crippen LogP contribution in [0.4, 0.5) is 0 Å². The smallest absolute Gasteiger partial charge is 0.0689 e. The molecule has 0 saturated carbocycles. The fourth-order valence-electron chi connectivity index (χ4n) is 0.204. The Balaban J connectivity index is 0. The highest BCUT2D eigenvalue weighted by molar-refractivity contribution is 5.63. The summed E-state index contributed by atoms with van der Waals surface area (Å²) in [7, 11) is 0. The van der Waals surface area contributed by atoms with E-state index < -0.39 is 11.1 Å². The van der Waals surface area contributed by atoms with E-state index in [9.17, 15) is 9.90 Å². The number of carboxylic acids is 1. The average Bonchev–Trinajstić information content (AvgIpc) is 1.62. The minimum absolute atomic E-state index is 0.181. The van der Waals surface area contributed by atoms with E-state index in [2.05, 4.69) is 0 Å². The molecule has 10 heavy (non-hydrogen) atoms. The lowest BCUT2D eigenvalue weighted by molar-refractivity contribution is -0.402. The molecule has 0 saturated heterocycles. The second-order valence-corrected chi connectivity index (χ2v) is 1.35. The predicted molar refractivity (Wildman–Crippen MR) is 30.3 cm³/mol. The van der Waals surface area contributed by atoms with Crippen molar-refractivity contribution < 1.29 is 15.0 Å². The molecule has 0 aromatic carbocycles. The van der Waals surface area contributed by atoms with Crippen molar-refractivity contribution in [2.24, 2.45) is 0 Å². The molecule has 0 fully saturated rings. The first-order valence-corrected chi connectivity index (χ1v) is 2.52. The third-order valence-corrected chi connectivity index (χ3v) is 0.454. The van der Waals surface area contributed by atoms with Gasteiger partial charge < -0.3 is 25.2 Å². The average molecular weight is 149 g/mol. The summed E-state index contributed by atoms with van der Waals surface area (Å²) in [6.07, 6.45) is 0.850. The molecular formula is C4H7NO5-2. The van der Waals surface area contributed by atoms with E-state index in [1.807, 2.05) is 0 Å². The second-order valence-electron chi connectivity index (χ2n) is 1.35. The summed E-state index contributed by atoms with van der Waals surface area (Å²) in [5.41, 5.74) is 0. The van der Waals surface area contributed by atoms with Gasteiger partial charge in [-0.1, -0.05) is 13.3 Å². The Bertz CT molecular complexity index is 108. The molecule has 0 bridgehead atoms. The molecule has 60 valence electrons. The number of hydrogen-bond donors (Lipinski definition) is 0. The molecule has 0 N–H and O–H groups in total. The van der Waals surface area contributed by atoms with Crippen LogP contribution in [0.15, 0.2) is 0 Å². The van der Waals surface area contributed by atoms with E-state index in [4.69, 9.17) is 15.3 Å². The number of carbonyl (C=O) groups excluding carboxylic acids is 1. The standard InChI is InChI=1S/C4H8O2.NO3/c1-2-3-4(5)6;2-1(3)4/h2-3H2,1H3,(H,5,6);/q;-1/p-1. The maximum atomic E-state index is 9.49. The van der Waals surface area contributed by atoms with Gasteiger partial charge in [0.05, 0.1) is 5.09 Å². The molecule has 0 spiro atoms. The Morgan fingerprint density at radius 2 is 1.80 bits per heavy atom. The van der Waals surface area contributed by atoms with E-state index >= 15 is 0 Å². The molecule has 0 rings (SSSR count). The van der Waals surface area contributed by atoms with E-state index in [1.165, 1.54) is 0 Å². The van der Waals surface area contributed by atoms with Gasteiger partial charge in [-0.05, 0) is 6.42 Å². The van der Waals surface area contributed by atoms with Crippen molar-refractivity contribution in [3.8, 4) is 0 Å². The summed E-state index contributed by atoms with van der Waals surface area (Å²) in [5.74, 6) is -0.961. The third kappa shape index (κ3) is 76.9. The quantitative estimate of drug-likeness (QED) is 0.381. The highest BCUT2D eigenvalue weighted by Gasteiger charge is 1.75. The maximum Gasteiger partial charge on any atom is 0.0689 e. The zero-order valence-corrected chi connectivity index (χ0v) is 5.40. The third-order valence-electron chi connectivity index (χ3n) is 0.454. The minimum atomic E-state index is -1.75. The van der Waals surface area contributed by atoms with Crippen LogP contribution in [0.1, 0.15) is 19.8 Å². The van der Waals surface area contributed by atoms with Crippen LogP contribution in [0.25, 0.3) is 0 Å². The van der Waals surface area contributed by atoms with Gasteiger partial charge in [0.15, 0.2) is 0 Å². The molecule has 0 aliphatic rings. The zero-order chi connectivity index (χ0) is 8.57. The van der Waals surface area contributed by atoms with Crippen molar-refractivity contribution >= 4 is 5.97 Å². The van der Waals surface area contributed by atoms with E-state index in [1.54, 1.807) is 6.92 Å². The highest BCUT2D eigenvalue weighted by Crippen LogP contribution is 1.79. The first-order chi connectivity index (χ1) is 4.50. The van der Waals surface area contributed by atoms with Crippen LogP contribution < -0.4 is 5.11 Å². The topological polar surface area (TPSA) is 106 Å². The monoisotopic (exact) mass is 149 g/mol. The Morgan fingerprint density at radius 3 is 1.80 bits per heavy atom. The van der Waals surface area contributed by atoms with Crippen molar-refractivity contribution in [3.63, 3.8) is 0 Å². The molecule has 0 unspecified atom stereocenters. The Hall–Kier alpha value is -1.33. The van der Waals surface area contributed by atoms with Gasteiger partial charge in [-0.25, -0.2) is 0 Å². The molecule has 0 amide bonds. The van der Waals surface area contributed by atoms with E-state index in [-0.39, 0.29) is 6.42 Å². The molecule has 0 heterocycles. The molecule has 0 aliphatic carbocycles. The van der Waals surface area contributed by atoms with Gasteiger partial charge in [0.25, 0.3) is 0 Å². The molecule has 0 aliphatic heterocycles. The summed E-state index contributed by atoms with van der Waals surface area (Å²) in [6, 6.07) is 0. The molecular weight excluding hydrogens is 142 g/mol. The van der Waals surface area contributed by atoms with Crippen LogP contribution >= 0.6 is 0 Å². The van der Waals surface area contributed by atoms with Crippen molar-refractivity contribution in [1.29, 1.82) is 0 Å². The number of rotatable bonds is 2. The van der Waals surface area contributed by atoms with Gasteiger partial charge in [0.1, 0.15) is 0 Å². The van der Waals surface area contributed by atoms with Crippen molar-refractivity contribution in [2.45, 2.75) is 19.8 Å². The van der Waals surface area contributed by atoms with Gasteiger partial charge in [0.2, 0.25) is 0 Å². The number of nitrogens with zero attached hydrogens (tertiary/aromatic N) is 1. The SMILES string of the molecule is CCCC(=O)[O-].O=[N+]([O-])[O-]. The number of carboxylic acid groups (broad SMARTS) is 1. The fourth-order valence-corrected chi connectivity index (χ4v) is 0.204. The second kappa shape index (κ2) is 7.67. The number of carbonyl (C=O) groups is 1. The summed E-state index contributed by atoms with van der Waals surface area (Å²) >= 11 is 0. The lowest BCUT2D eigenvalue weighted by atomic mass is 10.4. The van der Waals surface area contributed by atoms with Crippen molar-refractivity contribution in [2.75, 3.05) is 0 Å². The fraction of sp³-hybridized carbons (Fsp3) is 0.750. The van der Waals surface area contributed by atoms with Gasteiger partial charge >= 0.3 is 0 Å². The summed E-state index contributed by atoms with van der Waals surface area (Å²) < 4.78 is 0. The maximum absolute atomic E-state index is 9.49. The largest absolute Gasteiger partial charge is 0.550 e. The lowest BCUT2D eigenvalue weighted by Gasteiger charge is -1.92. The highest BCUT2D eigenvalue weighted by atomic mass is 16.9.